The molecule has 0 radical (unpaired) electrons. The molecule has 1 saturated carbocycles. The summed E-state index contributed by atoms with van der Waals surface area (Å²) in [5, 5.41) is 7.10. The van der Waals surface area contributed by atoms with Gasteiger partial charge in [-0.25, -0.2) is 9.97 Å². The molecule has 1 fully saturated rings. The highest BCUT2D eigenvalue weighted by Crippen LogP contribution is 2.39. The van der Waals surface area contributed by atoms with Crippen molar-refractivity contribution in [2.24, 2.45) is 5.92 Å². The van der Waals surface area contributed by atoms with Gasteiger partial charge in [-0.2, -0.15) is 0 Å². The van der Waals surface area contributed by atoms with E-state index in [0.717, 1.165) is 61.4 Å². The maximum absolute atomic E-state index is 11.7. The van der Waals surface area contributed by atoms with E-state index < -0.39 is 0 Å². The summed E-state index contributed by atoms with van der Waals surface area (Å²) in [5.74, 6) is 2.52. The van der Waals surface area contributed by atoms with Gasteiger partial charge in [0.05, 0.1) is 17.0 Å². The fraction of sp³-hybridized carbons (Fsp3) is 0.619. The van der Waals surface area contributed by atoms with Gasteiger partial charge in [-0.15, -0.1) is 0 Å². The summed E-state index contributed by atoms with van der Waals surface area (Å²) in [6.07, 6.45) is 7.65. The fourth-order valence-corrected chi connectivity index (χ4v) is 3.81. The van der Waals surface area contributed by atoms with Crippen LogP contribution in [0.25, 0.3) is 11.3 Å². The Labute approximate surface area is 166 Å². The number of hydrogen-bond donors (Lipinski definition) is 1. The van der Waals surface area contributed by atoms with Crippen LogP contribution in [0, 0.1) is 12.8 Å². The number of hydrogen-bond acceptors (Lipinski definition) is 6. The Morgan fingerprint density at radius 2 is 2.04 bits per heavy atom. The maximum atomic E-state index is 11.7. The van der Waals surface area contributed by atoms with Crippen molar-refractivity contribution in [1.29, 1.82) is 0 Å². The number of nitrogens with zero attached hydrogens (tertiary/aromatic N) is 4. The van der Waals surface area contributed by atoms with Crippen LogP contribution in [0.1, 0.15) is 62.8 Å². The lowest BCUT2D eigenvalue weighted by Gasteiger charge is -2.29. The van der Waals surface area contributed by atoms with Crippen LogP contribution >= 0.6 is 0 Å². The Kier molecular flexibility index (Phi) is 6.65. The van der Waals surface area contributed by atoms with Gasteiger partial charge >= 0.3 is 0 Å². The van der Waals surface area contributed by atoms with Gasteiger partial charge in [-0.3, -0.25) is 4.79 Å². The molecular formula is C21H31N5O2. The van der Waals surface area contributed by atoms with E-state index >= 15 is 0 Å². The van der Waals surface area contributed by atoms with Gasteiger partial charge < -0.3 is 14.7 Å². The number of anilines is 1. The van der Waals surface area contributed by atoms with E-state index in [0.29, 0.717) is 24.2 Å². The number of carbonyl (C=O) groups is 1. The van der Waals surface area contributed by atoms with Gasteiger partial charge in [0.1, 0.15) is 0 Å². The minimum atomic E-state index is 0.166. The molecule has 28 heavy (non-hydrogen) atoms. The zero-order chi connectivity index (χ0) is 20.1. The van der Waals surface area contributed by atoms with Gasteiger partial charge in [0.2, 0.25) is 11.9 Å². The first-order valence-electron chi connectivity index (χ1n) is 10.2. The summed E-state index contributed by atoms with van der Waals surface area (Å²) in [7, 11) is 3.90. The van der Waals surface area contributed by atoms with Crippen LogP contribution in [-0.2, 0) is 4.79 Å². The lowest BCUT2D eigenvalue weighted by molar-refractivity contribution is -0.121. The van der Waals surface area contributed by atoms with E-state index in [9.17, 15) is 4.79 Å². The molecule has 3 rings (SSSR count). The van der Waals surface area contributed by atoms with Crippen molar-refractivity contribution in [1.82, 2.24) is 20.4 Å². The predicted molar refractivity (Wildman–Crippen MR) is 109 cm³/mol. The minimum absolute atomic E-state index is 0.166. The zero-order valence-corrected chi connectivity index (χ0v) is 17.4. The molecule has 0 atom stereocenters. The van der Waals surface area contributed by atoms with Gasteiger partial charge in [0, 0.05) is 45.2 Å². The number of amides is 1. The first-order valence-corrected chi connectivity index (χ1v) is 10.2. The molecule has 152 valence electrons. The highest BCUT2D eigenvalue weighted by Gasteiger charge is 2.27. The van der Waals surface area contributed by atoms with Crippen LogP contribution in [0.15, 0.2) is 16.8 Å². The molecule has 7 nitrogen and oxygen atoms in total. The summed E-state index contributed by atoms with van der Waals surface area (Å²) in [4.78, 5) is 23.0. The summed E-state index contributed by atoms with van der Waals surface area (Å²) >= 11 is 0. The summed E-state index contributed by atoms with van der Waals surface area (Å²) in [6, 6.07) is 1.94. The highest BCUT2D eigenvalue weighted by atomic mass is 16.5. The number of carbonyl (C=O) groups excluding carboxylic acids is 1. The molecule has 1 amide bonds. The second-order valence-corrected chi connectivity index (χ2v) is 7.97. The second kappa shape index (κ2) is 9.17. The van der Waals surface area contributed by atoms with Crippen LogP contribution in [-0.4, -0.2) is 41.7 Å². The smallest absolute Gasteiger partial charge is 0.225 e. The van der Waals surface area contributed by atoms with E-state index in [2.05, 4.69) is 15.5 Å². The third kappa shape index (κ3) is 4.88. The van der Waals surface area contributed by atoms with E-state index in [1.54, 1.807) is 0 Å². The Bertz CT molecular complexity index is 794. The lowest BCUT2D eigenvalue weighted by Crippen LogP contribution is -2.31. The maximum Gasteiger partial charge on any atom is 0.225 e. The standard InChI is InChI=1S/C21H31N5O2/c1-5-6-19(27)22-12-15-7-9-16(10-8-15)20-17(18-11-14(2)25-28-18)13-23-21(24-20)26(3)4/h11,13,15-16H,5-10,12H2,1-4H3,(H,22,27). The molecular weight excluding hydrogens is 354 g/mol. The molecule has 1 aliphatic rings. The summed E-state index contributed by atoms with van der Waals surface area (Å²) in [6.45, 7) is 4.73. The number of rotatable bonds is 7. The minimum Gasteiger partial charge on any atom is -0.356 e. The van der Waals surface area contributed by atoms with Crippen LogP contribution in [0.3, 0.4) is 0 Å². The number of aryl methyl sites for hydroxylation is 1. The average Bonchev–Trinajstić information content (AvgIpc) is 3.12. The molecule has 0 unspecified atom stereocenters. The molecule has 1 aliphatic carbocycles. The van der Waals surface area contributed by atoms with Crippen molar-refractivity contribution in [3.63, 3.8) is 0 Å². The number of nitrogens with one attached hydrogen (secondary N) is 1. The highest BCUT2D eigenvalue weighted by molar-refractivity contribution is 5.75. The Balaban J connectivity index is 1.72. The molecule has 1 N–H and O–H groups in total. The summed E-state index contributed by atoms with van der Waals surface area (Å²) in [5.41, 5.74) is 2.83. The molecule has 7 heteroatoms. The van der Waals surface area contributed by atoms with Crippen molar-refractivity contribution in [2.75, 3.05) is 25.5 Å². The molecule has 2 heterocycles. The van der Waals surface area contributed by atoms with Crippen molar-refractivity contribution < 1.29 is 9.32 Å². The van der Waals surface area contributed by atoms with Crippen LogP contribution in [0.4, 0.5) is 5.95 Å². The first-order chi connectivity index (χ1) is 13.5. The Morgan fingerprint density at radius 3 is 2.64 bits per heavy atom. The molecule has 2 aromatic rings. The first kappa shape index (κ1) is 20.3. The third-order valence-corrected chi connectivity index (χ3v) is 5.40. The molecule has 0 bridgehead atoms. The predicted octanol–water partition coefficient (Wildman–Crippen LogP) is 3.70. The van der Waals surface area contributed by atoms with E-state index in [1.165, 1.54) is 0 Å². The molecule has 0 aliphatic heterocycles. The molecule has 0 saturated heterocycles. The van der Waals surface area contributed by atoms with E-state index in [4.69, 9.17) is 9.51 Å². The van der Waals surface area contributed by atoms with Crippen LogP contribution < -0.4 is 10.2 Å². The molecule has 0 spiro atoms. The topological polar surface area (TPSA) is 84.2 Å². The van der Waals surface area contributed by atoms with Crippen molar-refractivity contribution >= 4 is 11.9 Å². The van der Waals surface area contributed by atoms with Crippen molar-refractivity contribution in [2.45, 2.75) is 58.3 Å². The van der Waals surface area contributed by atoms with Crippen molar-refractivity contribution in [3.8, 4) is 11.3 Å². The normalized spacial score (nSPS) is 19.4. The monoisotopic (exact) mass is 385 g/mol. The average molecular weight is 386 g/mol. The van der Waals surface area contributed by atoms with Gasteiger partial charge in [-0.05, 0) is 44.9 Å². The lowest BCUT2D eigenvalue weighted by atomic mass is 9.79. The van der Waals surface area contributed by atoms with E-state index in [1.807, 2.05) is 45.1 Å². The summed E-state index contributed by atoms with van der Waals surface area (Å²) < 4.78 is 5.50. The second-order valence-electron chi connectivity index (χ2n) is 7.97. The number of aromatic nitrogens is 3. The van der Waals surface area contributed by atoms with Crippen LogP contribution in [0.2, 0.25) is 0 Å². The van der Waals surface area contributed by atoms with E-state index in [-0.39, 0.29) is 5.91 Å². The largest absolute Gasteiger partial charge is 0.356 e. The van der Waals surface area contributed by atoms with Gasteiger partial charge in [0.15, 0.2) is 5.76 Å². The molecule has 2 aromatic heterocycles. The quantitative estimate of drug-likeness (QED) is 0.782. The van der Waals surface area contributed by atoms with Gasteiger partial charge in [0.25, 0.3) is 0 Å². The fourth-order valence-electron chi connectivity index (χ4n) is 3.81. The third-order valence-electron chi connectivity index (χ3n) is 5.40. The Hall–Kier alpha value is -2.44. The zero-order valence-electron chi connectivity index (χ0n) is 17.4. The molecule has 0 aromatic carbocycles. The SMILES string of the molecule is CCCC(=O)NCC1CCC(c2nc(N(C)C)ncc2-c2cc(C)no2)CC1. The Morgan fingerprint density at radius 1 is 1.29 bits per heavy atom. The van der Waals surface area contributed by atoms with Crippen LogP contribution in [0.5, 0.6) is 0 Å². The van der Waals surface area contributed by atoms with Gasteiger partial charge in [-0.1, -0.05) is 12.1 Å². The van der Waals surface area contributed by atoms with Crippen molar-refractivity contribution in [3.05, 3.63) is 23.7 Å².